The van der Waals surface area contributed by atoms with E-state index in [1.807, 2.05) is 0 Å². The molecule has 0 saturated heterocycles. The van der Waals surface area contributed by atoms with Crippen molar-refractivity contribution in [3.8, 4) is 0 Å². The van der Waals surface area contributed by atoms with Crippen molar-refractivity contribution in [3.05, 3.63) is 86.9 Å². The maximum Gasteiger partial charge on any atom is 0.255 e. The quantitative estimate of drug-likeness (QED) is 0.297. The second kappa shape index (κ2) is 10.7. The molecule has 1 heterocycles. The van der Waals surface area contributed by atoms with Crippen LogP contribution in [0.2, 0.25) is 5.02 Å². The van der Waals surface area contributed by atoms with Gasteiger partial charge >= 0.3 is 0 Å². The number of hydrogen-bond acceptors (Lipinski definition) is 6. The summed E-state index contributed by atoms with van der Waals surface area (Å²) in [7, 11) is -4.12. The second-order valence-electron chi connectivity index (χ2n) is 10.1. The maximum absolute atomic E-state index is 14.7. The summed E-state index contributed by atoms with van der Waals surface area (Å²) in [6.45, 7) is 0. The predicted octanol–water partition coefficient (Wildman–Crippen LogP) is 5.59. The minimum atomic E-state index is -4.12. The van der Waals surface area contributed by atoms with Gasteiger partial charge in [0.2, 0.25) is 0 Å². The van der Waals surface area contributed by atoms with Crippen molar-refractivity contribution in [1.29, 1.82) is 0 Å². The molecule has 5 rings (SSSR count). The van der Waals surface area contributed by atoms with Gasteiger partial charge in [-0.2, -0.15) is 0 Å². The molecule has 40 heavy (non-hydrogen) atoms. The van der Waals surface area contributed by atoms with Crippen LogP contribution >= 0.6 is 27.5 Å². The summed E-state index contributed by atoms with van der Waals surface area (Å²) in [6, 6.07) is 7.77. The Labute approximate surface area is 241 Å². The number of aliphatic hydroxyl groups excluding tert-OH is 1. The number of sulfone groups is 1. The molecule has 2 aliphatic carbocycles. The minimum Gasteiger partial charge on any atom is -0.386 e. The molecule has 212 valence electrons. The number of halogens is 5. The molecule has 2 fully saturated rings. The summed E-state index contributed by atoms with van der Waals surface area (Å²) in [5.41, 5.74) is -1.98. The molecular weight excluding hydrogens is 637 g/mol. The summed E-state index contributed by atoms with van der Waals surface area (Å²) < 4.78 is 68.9. The first-order chi connectivity index (χ1) is 18.8. The van der Waals surface area contributed by atoms with Gasteiger partial charge in [0, 0.05) is 29.1 Å². The van der Waals surface area contributed by atoms with E-state index in [2.05, 4.69) is 26.2 Å². The number of amides is 1. The van der Waals surface area contributed by atoms with Crippen LogP contribution in [0.1, 0.15) is 47.7 Å². The van der Waals surface area contributed by atoms with Crippen LogP contribution in [0.25, 0.3) is 0 Å². The van der Waals surface area contributed by atoms with E-state index < -0.39 is 62.0 Å². The van der Waals surface area contributed by atoms with Gasteiger partial charge in [0.05, 0.1) is 15.2 Å². The molecule has 3 unspecified atom stereocenters. The van der Waals surface area contributed by atoms with E-state index in [9.17, 15) is 36.6 Å². The highest BCUT2D eigenvalue weighted by Gasteiger charge is 2.59. The standard InChI is InChI=1S/C27H23BrClF3N2O5S/c28-25-23(32)18(7-8-33-25)24(35)27(37)14-2-3-15(27)11-17(10-14)40(38,39)22-9-13(1-5-19(22)29)26(36)34-16-4-6-20(30)21(31)12-16/h1,4-9,12,14-15,17,24,35,37H,2-3,10-11H2,(H,34,36). The maximum atomic E-state index is 14.7. The molecule has 3 atom stereocenters. The number of aromatic nitrogens is 1. The molecule has 2 saturated carbocycles. The fourth-order valence-corrected chi connectivity index (χ4v) is 8.70. The molecule has 0 spiro atoms. The number of anilines is 1. The van der Waals surface area contributed by atoms with E-state index >= 15 is 0 Å². The van der Waals surface area contributed by atoms with Gasteiger partial charge in [0.1, 0.15) is 16.3 Å². The average Bonchev–Trinajstić information content (AvgIpc) is 3.07. The smallest absolute Gasteiger partial charge is 0.255 e. The van der Waals surface area contributed by atoms with E-state index in [0.717, 1.165) is 24.3 Å². The number of nitrogens with zero attached hydrogens (tertiary/aromatic N) is 1. The number of carbonyl (C=O) groups excluding carboxylic acids is 1. The normalized spacial score (nSPS) is 25.0. The first-order valence-corrected chi connectivity index (χ1v) is 15.1. The Morgan fingerprint density at radius 3 is 2.40 bits per heavy atom. The molecule has 1 amide bonds. The Morgan fingerprint density at radius 2 is 1.75 bits per heavy atom. The molecule has 13 heteroatoms. The Kier molecular flexibility index (Phi) is 7.77. The zero-order valence-electron chi connectivity index (χ0n) is 20.6. The molecule has 0 aliphatic heterocycles. The van der Waals surface area contributed by atoms with Crippen molar-refractivity contribution in [2.45, 2.75) is 47.5 Å². The summed E-state index contributed by atoms with van der Waals surface area (Å²) >= 11 is 9.25. The summed E-state index contributed by atoms with van der Waals surface area (Å²) in [5.74, 6) is -5.10. The van der Waals surface area contributed by atoms with Gasteiger partial charge in [-0.15, -0.1) is 0 Å². The fourth-order valence-electron chi connectivity index (χ4n) is 5.95. The number of benzene rings is 2. The van der Waals surface area contributed by atoms with Crippen LogP contribution in [0.5, 0.6) is 0 Å². The molecule has 0 radical (unpaired) electrons. The van der Waals surface area contributed by atoms with Gasteiger partial charge in [-0.25, -0.2) is 26.6 Å². The summed E-state index contributed by atoms with van der Waals surface area (Å²) in [6.07, 6.45) is 0.541. The van der Waals surface area contributed by atoms with Crippen LogP contribution in [-0.2, 0) is 9.84 Å². The lowest BCUT2D eigenvalue weighted by Crippen LogP contribution is -2.52. The number of aliphatic hydroxyl groups is 2. The lowest BCUT2D eigenvalue weighted by atomic mass is 9.69. The van der Waals surface area contributed by atoms with E-state index in [4.69, 9.17) is 11.6 Å². The highest BCUT2D eigenvalue weighted by molar-refractivity contribution is 9.10. The predicted molar refractivity (Wildman–Crippen MR) is 144 cm³/mol. The third-order valence-corrected chi connectivity index (χ3v) is 11.2. The Hall–Kier alpha value is -2.51. The Bertz CT molecular complexity index is 1590. The van der Waals surface area contributed by atoms with Crippen molar-refractivity contribution in [2.24, 2.45) is 11.8 Å². The van der Waals surface area contributed by atoms with Crippen LogP contribution in [-0.4, -0.2) is 40.4 Å². The van der Waals surface area contributed by atoms with Gasteiger partial charge < -0.3 is 15.5 Å². The minimum absolute atomic E-state index is 0.0120. The van der Waals surface area contributed by atoms with Crippen molar-refractivity contribution in [3.63, 3.8) is 0 Å². The number of rotatable bonds is 6. The van der Waals surface area contributed by atoms with Gasteiger partial charge in [-0.1, -0.05) is 11.6 Å². The van der Waals surface area contributed by atoms with E-state index in [1.54, 1.807) is 0 Å². The fraction of sp³-hybridized carbons (Fsp3) is 0.333. The molecule has 3 aromatic rings. The molecule has 2 bridgehead atoms. The zero-order valence-corrected chi connectivity index (χ0v) is 23.8. The monoisotopic (exact) mass is 658 g/mol. The highest BCUT2D eigenvalue weighted by atomic mass is 79.9. The summed E-state index contributed by atoms with van der Waals surface area (Å²) in [5, 5.41) is 24.0. The molecule has 7 nitrogen and oxygen atoms in total. The number of hydrogen-bond donors (Lipinski definition) is 3. The number of pyridine rings is 1. The average molecular weight is 660 g/mol. The van der Waals surface area contributed by atoms with Crippen molar-refractivity contribution in [2.75, 3.05) is 5.32 Å². The van der Waals surface area contributed by atoms with Crippen molar-refractivity contribution in [1.82, 2.24) is 4.98 Å². The lowest BCUT2D eigenvalue weighted by Gasteiger charge is -2.45. The zero-order chi connectivity index (χ0) is 29.0. The highest BCUT2D eigenvalue weighted by Crippen LogP contribution is 2.57. The topological polar surface area (TPSA) is 117 Å². The van der Waals surface area contributed by atoms with Gasteiger partial charge in [-0.05, 0) is 89.8 Å². The second-order valence-corrected chi connectivity index (χ2v) is 13.5. The number of carbonyl (C=O) groups is 1. The first-order valence-electron chi connectivity index (χ1n) is 12.3. The van der Waals surface area contributed by atoms with Crippen LogP contribution in [0, 0.1) is 29.3 Å². The van der Waals surface area contributed by atoms with Gasteiger partial charge in [-0.3, -0.25) is 4.79 Å². The van der Waals surface area contributed by atoms with E-state index in [1.165, 1.54) is 24.4 Å². The molecule has 1 aromatic heterocycles. The Balaban J connectivity index is 1.40. The van der Waals surface area contributed by atoms with Crippen LogP contribution in [0.4, 0.5) is 18.9 Å². The van der Waals surface area contributed by atoms with Crippen LogP contribution in [0.15, 0.2) is 58.2 Å². The first kappa shape index (κ1) is 29.0. The van der Waals surface area contributed by atoms with Gasteiger partial charge in [0.15, 0.2) is 27.3 Å². The third kappa shape index (κ3) is 4.94. The van der Waals surface area contributed by atoms with E-state index in [0.29, 0.717) is 12.8 Å². The molecule has 2 aromatic carbocycles. The van der Waals surface area contributed by atoms with Crippen LogP contribution in [0.3, 0.4) is 0 Å². The van der Waals surface area contributed by atoms with Crippen molar-refractivity contribution >= 4 is 49.0 Å². The third-order valence-electron chi connectivity index (χ3n) is 7.99. The molecule has 2 aliphatic rings. The van der Waals surface area contributed by atoms with E-state index in [-0.39, 0.29) is 44.2 Å². The van der Waals surface area contributed by atoms with Gasteiger partial charge in [0.25, 0.3) is 5.91 Å². The summed E-state index contributed by atoms with van der Waals surface area (Å²) in [4.78, 5) is 16.3. The van der Waals surface area contributed by atoms with Crippen molar-refractivity contribution < 1.29 is 36.6 Å². The number of nitrogens with one attached hydrogen (secondary N) is 1. The molecule has 3 N–H and O–H groups in total. The Morgan fingerprint density at radius 1 is 1.07 bits per heavy atom. The lowest BCUT2D eigenvalue weighted by molar-refractivity contribution is -0.145. The largest absolute Gasteiger partial charge is 0.386 e. The number of fused-ring (bicyclic) bond motifs is 2. The SMILES string of the molecule is O=C(Nc1ccc(F)c(F)c1)c1ccc(Cl)c(S(=O)(=O)C2CC3CCC(C2)C3(O)C(O)c2ccnc(Br)c2F)c1. The van der Waals surface area contributed by atoms with Crippen LogP contribution < -0.4 is 5.32 Å². The molecular formula is C27H23BrClF3N2O5S.